The molecular weight excluding hydrogens is 270 g/mol. The minimum atomic E-state index is -1.20. The van der Waals surface area contributed by atoms with Crippen LogP contribution in [-0.4, -0.2) is 47.7 Å². The predicted molar refractivity (Wildman–Crippen MR) is 71.5 cm³/mol. The van der Waals surface area contributed by atoms with Gasteiger partial charge in [-0.15, -0.1) is 0 Å². The van der Waals surface area contributed by atoms with Crippen LogP contribution < -0.4 is 10.6 Å². The average Bonchev–Trinajstić information content (AvgIpc) is 2.29. The number of amides is 2. The summed E-state index contributed by atoms with van der Waals surface area (Å²) < 4.78 is 0. The molecule has 19 heavy (non-hydrogen) atoms. The first-order valence-corrected chi connectivity index (χ1v) is 6.06. The zero-order valence-corrected chi connectivity index (χ0v) is 11.1. The van der Waals surface area contributed by atoms with Crippen LogP contribution in [0.2, 0.25) is 5.02 Å². The summed E-state index contributed by atoms with van der Waals surface area (Å²) >= 11 is 5.73. The Kier molecular flexibility index (Phi) is 3.64. The van der Waals surface area contributed by atoms with Gasteiger partial charge in [0.15, 0.2) is 5.54 Å². The van der Waals surface area contributed by atoms with E-state index in [1.54, 1.807) is 31.3 Å². The van der Waals surface area contributed by atoms with Crippen molar-refractivity contribution in [3.63, 3.8) is 0 Å². The third kappa shape index (κ3) is 2.97. The molecule has 1 fully saturated rings. The summed E-state index contributed by atoms with van der Waals surface area (Å²) in [6.07, 6.45) is 0. The fourth-order valence-electron chi connectivity index (χ4n) is 2.06. The average molecular weight is 284 g/mol. The molecule has 1 aliphatic rings. The molecule has 3 N–H and O–H groups in total. The van der Waals surface area contributed by atoms with Crippen LogP contribution in [0.1, 0.15) is 0 Å². The first kappa shape index (κ1) is 13.6. The molecule has 0 bridgehead atoms. The Morgan fingerprint density at radius 3 is 2.37 bits per heavy atom. The largest absolute Gasteiger partial charge is 0.479 e. The van der Waals surface area contributed by atoms with Gasteiger partial charge in [0.05, 0.1) is 0 Å². The van der Waals surface area contributed by atoms with E-state index in [1.807, 2.05) is 4.90 Å². The van der Waals surface area contributed by atoms with Crippen LogP contribution >= 0.6 is 11.6 Å². The molecule has 0 aliphatic carbocycles. The number of hydrogen-bond acceptors (Lipinski definition) is 3. The zero-order valence-electron chi connectivity index (χ0n) is 10.3. The van der Waals surface area contributed by atoms with Crippen molar-refractivity contribution in [2.45, 2.75) is 5.54 Å². The number of halogens is 1. The number of carbonyl (C=O) groups excluding carboxylic acids is 1. The number of benzene rings is 1. The lowest BCUT2D eigenvalue weighted by atomic mass is 9.91. The molecular formula is C12H14ClN3O3. The van der Waals surface area contributed by atoms with E-state index in [0.717, 1.165) is 0 Å². The van der Waals surface area contributed by atoms with E-state index >= 15 is 0 Å². The van der Waals surface area contributed by atoms with Crippen molar-refractivity contribution in [2.75, 3.05) is 25.5 Å². The first-order valence-electron chi connectivity index (χ1n) is 5.68. The predicted octanol–water partition coefficient (Wildman–Crippen LogP) is 1.23. The van der Waals surface area contributed by atoms with Crippen molar-refractivity contribution in [3.05, 3.63) is 29.3 Å². The van der Waals surface area contributed by atoms with Crippen molar-refractivity contribution < 1.29 is 14.7 Å². The van der Waals surface area contributed by atoms with Crippen LogP contribution in [0.5, 0.6) is 0 Å². The van der Waals surface area contributed by atoms with E-state index in [1.165, 1.54) is 0 Å². The van der Waals surface area contributed by atoms with Crippen LogP contribution in [0.15, 0.2) is 24.3 Å². The van der Waals surface area contributed by atoms with Gasteiger partial charge in [-0.05, 0) is 31.3 Å². The van der Waals surface area contributed by atoms with Gasteiger partial charge in [0.2, 0.25) is 0 Å². The molecule has 7 heteroatoms. The van der Waals surface area contributed by atoms with Crippen molar-refractivity contribution in [3.8, 4) is 0 Å². The quantitative estimate of drug-likeness (QED) is 0.779. The molecule has 0 unspecified atom stereocenters. The molecule has 2 amide bonds. The summed E-state index contributed by atoms with van der Waals surface area (Å²) in [7, 11) is 1.79. The zero-order chi connectivity index (χ0) is 14.0. The maximum Gasteiger partial charge on any atom is 0.332 e. The molecule has 2 rings (SSSR count). The number of urea groups is 1. The molecule has 0 saturated carbocycles. The Morgan fingerprint density at radius 1 is 1.32 bits per heavy atom. The molecule has 0 atom stereocenters. The normalized spacial score (nSPS) is 17.4. The molecule has 1 aromatic carbocycles. The maximum atomic E-state index is 11.8. The molecule has 1 aliphatic heterocycles. The van der Waals surface area contributed by atoms with Gasteiger partial charge in [-0.2, -0.15) is 0 Å². The molecule has 1 heterocycles. The number of anilines is 1. The van der Waals surface area contributed by atoms with E-state index in [4.69, 9.17) is 16.7 Å². The van der Waals surface area contributed by atoms with Gasteiger partial charge in [-0.3, -0.25) is 0 Å². The van der Waals surface area contributed by atoms with Gasteiger partial charge in [0.1, 0.15) is 0 Å². The number of rotatable bonds is 3. The Balaban J connectivity index is 1.97. The van der Waals surface area contributed by atoms with Crippen LogP contribution in [-0.2, 0) is 4.79 Å². The number of nitrogens with zero attached hydrogens (tertiary/aromatic N) is 1. The molecule has 1 saturated heterocycles. The van der Waals surface area contributed by atoms with Gasteiger partial charge >= 0.3 is 12.0 Å². The highest BCUT2D eigenvalue weighted by molar-refractivity contribution is 6.30. The van der Waals surface area contributed by atoms with Crippen molar-refractivity contribution in [2.24, 2.45) is 0 Å². The lowest BCUT2D eigenvalue weighted by molar-refractivity contribution is -0.151. The van der Waals surface area contributed by atoms with Gasteiger partial charge < -0.3 is 20.6 Å². The number of carboxylic acid groups (broad SMARTS) is 1. The summed E-state index contributed by atoms with van der Waals surface area (Å²) in [5.41, 5.74) is -0.652. The Morgan fingerprint density at radius 2 is 1.89 bits per heavy atom. The number of likely N-dealkylation sites (tertiary alicyclic amines) is 1. The summed E-state index contributed by atoms with van der Waals surface area (Å²) in [5, 5.41) is 14.8. The Labute approximate surface area is 115 Å². The topological polar surface area (TPSA) is 81.7 Å². The Bertz CT molecular complexity index is 497. The monoisotopic (exact) mass is 283 g/mol. The molecule has 102 valence electrons. The maximum absolute atomic E-state index is 11.8. The van der Waals surface area contributed by atoms with E-state index in [0.29, 0.717) is 10.7 Å². The molecule has 1 aromatic rings. The number of carbonyl (C=O) groups is 2. The highest BCUT2D eigenvalue weighted by Crippen LogP contribution is 2.20. The van der Waals surface area contributed by atoms with Crippen LogP contribution in [0, 0.1) is 0 Å². The lowest BCUT2D eigenvalue weighted by Crippen LogP contribution is -2.73. The second kappa shape index (κ2) is 5.07. The second-order valence-electron chi connectivity index (χ2n) is 4.65. The van der Waals surface area contributed by atoms with Crippen LogP contribution in [0.25, 0.3) is 0 Å². The van der Waals surface area contributed by atoms with E-state index < -0.39 is 17.5 Å². The van der Waals surface area contributed by atoms with Gasteiger partial charge in [0, 0.05) is 23.8 Å². The summed E-state index contributed by atoms with van der Waals surface area (Å²) in [5.74, 6) is -1.03. The van der Waals surface area contributed by atoms with Crippen LogP contribution in [0.3, 0.4) is 0 Å². The number of carboxylic acids is 1. The highest BCUT2D eigenvalue weighted by Gasteiger charge is 2.49. The van der Waals surface area contributed by atoms with Gasteiger partial charge in [-0.25, -0.2) is 9.59 Å². The third-order valence-electron chi connectivity index (χ3n) is 2.94. The Hall–Kier alpha value is -1.79. The fourth-order valence-corrected chi connectivity index (χ4v) is 2.18. The number of nitrogens with one attached hydrogen (secondary N) is 2. The number of likely N-dealkylation sites (N-methyl/N-ethyl adjacent to an activating group) is 1. The SMILES string of the molecule is CN1CC(NC(=O)Nc2ccc(Cl)cc2)(C(=O)O)C1. The minimum absolute atomic E-state index is 0.288. The molecule has 0 aromatic heterocycles. The minimum Gasteiger partial charge on any atom is -0.479 e. The lowest BCUT2D eigenvalue weighted by Gasteiger charge is -2.45. The fraction of sp³-hybridized carbons (Fsp3) is 0.333. The number of hydrogen-bond donors (Lipinski definition) is 3. The smallest absolute Gasteiger partial charge is 0.332 e. The second-order valence-corrected chi connectivity index (χ2v) is 5.08. The van der Waals surface area contributed by atoms with E-state index in [-0.39, 0.29) is 13.1 Å². The van der Waals surface area contributed by atoms with Crippen LogP contribution in [0.4, 0.5) is 10.5 Å². The standard InChI is InChI=1S/C12H14ClN3O3/c1-16-6-12(7-16,10(17)18)15-11(19)14-9-4-2-8(13)3-5-9/h2-5H,6-7H2,1H3,(H,17,18)(H2,14,15,19). The highest BCUT2D eigenvalue weighted by atomic mass is 35.5. The number of aliphatic carboxylic acids is 1. The van der Waals surface area contributed by atoms with Gasteiger partial charge in [0.25, 0.3) is 0 Å². The van der Waals surface area contributed by atoms with E-state index in [2.05, 4.69) is 10.6 Å². The summed E-state index contributed by atoms with van der Waals surface area (Å²) in [4.78, 5) is 24.8. The van der Waals surface area contributed by atoms with Crippen molar-refractivity contribution in [1.82, 2.24) is 10.2 Å². The summed E-state index contributed by atoms with van der Waals surface area (Å²) in [6, 6.07) is 6.02. The summed E-state index contributed by atoms with van der Waals surface area (Å²) in [6.45, 7) is 0.576. The van der Waals surface area contributed by atoms with Gasteiger partial charge in [-0.1, -0.05) is 11.6 Å². The first-order chi connectivity index (χ1) is 8.91. The van der Waals surface area contributed by atoms with Crippen molar-refractivity contribution in [1.29, 1.82) is 0 Å². The molecule has 6 nitrogen and oxygen atoms in total. The third-order valence-corrected chi connectivity index (χ3v) is 3.20. The van der Waals surface area contributed by atoms with E-state index in [9.17, 15) is 9.59 Å². The molecule has 0 spiro atoms. The molecule has 0 radical (unpaired) electrons. The van der Waals surface area contributed by atoms with Crippen molar-refractivity contribution >= 4 is 29.3 Å².